The van der Waals surface area contributed by atoms with Gasteiger partial charge in [-0.25, -0.2) is 10.6 Å². The quantitative estimate of drug-likeness (QED) is 0.426. The Labute approximate surface area is 95.9 Å². The summed E-state index contributed by atoms with van der Waals surface area (Å²) in [5.74, 6) is 9.17. The highest BCUT2D eigenvalue weighted by Gasteiger charge is 2.48. The lowest BCUT2D eigenvalue weighted by molar-refractivity contribution is -0.0591. The van der Waals surface area contributed by atoms with Crippen LogP contribution in [0, 0.1) is 29.6 Å². The Morgan fingerprint density at radius 2 is 1.69 bits per heavy atom. The van der Waals surface area contributed by atoms with E-state index >= 15 is 0 Å². The molecule has 0 heterocycles. The molecule has 0 spiro atoms. The van der Waals surface area contributed by atoms with Crippen molar-refractivity contribution in [1.29, 1.82) is 0 Å². The molecule has 4 aliphatic carbocycles. The normalized spacial score (nSPS) is 44.4. The van der Waals surface area contributed by atoms with Gasteiger partial charge in [-0.2, -0.15) is 0 Å². The molecule has 1 amide bonds. The third-order valence-electron chi connectivity index (χ3n) is 4.95. The molecule has 4 fully saturated rings. The van der Waals surface area contributed by atoms with Crippen LogP contribution < -0.4 is 11.3 Å². The minimum Gasteiger partial charge on any atom is -0.448 e. The van der Waals surface area contributed by atoms with Gasteiger partial charge in [0.1, 0.15) is 0 Å². The average Bonchev–Trinajstić information content (AvgIpc) is 2.26. The van der Waals surface area contributed by atoms with E-state index in [1.807, 2.05) is 5.43 Å². The van der Waals surface area contributed by atoms with E-state index in [4.69, 9.17) is 10.6 Å². The Morgan fingerprint density at radius 3 is 2.19 bits per heavy atom. The molecule has 16 heavy (non-hydrogen) atoms. The predicted octanol–water partition coefficient (Wildman–Crippen LogP) is 1.66. The summed E-state index contributed by atoms with van der Waals surface area (Å²) in [6.07, 6.45) is 6.44. The van der Waals surface area contributed by atoms with Gasteiger partial charge in [-0.15, -0.1) is 0 Å². The van der Waals surface area contributed by atoms with Crippen molar-refractivity contribution in [2.45, 2.75) is 32.1 Å². The van der Waals surface area contributed by atoms with Crippen LogP contribution in [0.4, 0.5) is 4.79 Å². The minimum atomic E-state index is -0.492. The molecule has 4 saturated carbocycles. The number of ether oxygens (including phenoxy) is 1. The van der Waals surface area contributed by atoms with Gasteiger partial charge < -0.3 is 4.74 Å². The third kappa shape index (κ3) is 1.69. The predicted molar refractivity (Wildman–Crippen MR) is 59.2 cm³/mol. The summed E-state index contributed by atoms with van der Waals surface area (Å²) in [5.41, 5.74) is 2.03. The van der Waals surface area contributed by atoms with E-state index in [0.717, 1.165) is 23.7 Å². The fourth-order valence-electron chi connectivity index (χ4n) is 4.52. The van der Waals surface area contributed by atoms with Crippen LogP contribution in [-0.2, 0) is 4.74 Å². The molecular formula is C12H20N2O2. The van der Waals surface area contributed by atoms with Crippen molar-refractivity contribution < 1.29 is 9.53 Å². The van der Waals surface area contributed by atoms with Gasteiger partial charge in [0.2, 0.25) is 0 Å². The second kappa shape index (κ2) is 3.91. The van der Waals surface area contributed by atoms with Gasteiger partial charge in [0.15, 0.2) is 0 Å². The summed E-state index contributed by atoms with van der Waals surface area (Å²) in [6, 6.07) is 0. The monoisotopic (exact) mass is 224 g/mol. The number of rotatable bonds is 2. The van der Waals surface area contributed by atoms with E-state index in [0.29, 0.717) is 12.5 Å². The second-order valence-electron chi connectivity index (χ2n) is 5.84. The minimum absolute atomic E-state index is 0.492. The molecule has 0 aromatic rings. The molecule has 0 aliphatic heterocycles. The largest absolute Gasteiger partial charge is 0.448 e. The van der Waals surface area contributed by atoms with Crippen molar-refractivity contribution in [3.05, 3.63) is 0 Å². The van der Waals surface area contributed by atoms with Crippen LogP contribution in [-0.4, -0.2) is 12.7 Å². The standard InChI is InChI=1S/C12H20N2O2/c13-14-12(15)16-6-11-9-2-7-1-8(4-9)5-10(11)3-7/h7-11H,1-6,13H2,(H,14,15). The number of nitrogens with two attached hydrogens (primary N) is 1. The molecule has 0 saturated heterocycles. The summed E-state index contributed by atoms with van der Waals surface area (Å²) in [4.78, 5) is 11.0. The molecule has 0 aromatic carbocycles. The molecule has 90 valence electrons. The van der Waals surface area contributed by atoms with Crippen LogP contribution in [0.1, 0.15) is 32.1 Å². The van der Waals surface area contributed by atoms with Gasteiger partial charge in [-0.1, -0.05) is 0 Å². The Kier molecular flexibility index (Phi) is 2.54. The van der Waals surface area contributed by atoms with Crippen LogP contribution in [0.2, 0.25) is 0 Å². The lowest BCUT2D eigenvalue weighted by Gasteiger charge is -2.54. The molecule has 4 rings (SSSR count). The van der Waals surface area contributed by atoms with Crippen molar-refractivity contribution in [1.82, 2.24) is 5.43 Å². The first kappa shape index (κ1) is 10.4. The van der Waals surface area contributed by atoms with Crippen molar-refractivity contribution in [2.75, 3.05) is 6.61 Å². The van der Waals surface area contributed by atoms with Crippen molar-refractivity contribution in [3.63, 3.8) is 0 Å². The smallest absolute Gasteiger partial charge is 0.421 e. The Morgan fingerprint density at radius 1 is 1.12 bits per heavy atom. The number of nitrogens with one attached hydrogen (secondary N) is 1. The molecule has 4 heteroatoms. The number of hydrogen-bond acceptors (Lipinski definition) is 3. The highest BCUT2D eigenvalue weighted by Crippen LogP contribution is 2.56. The molecule has 0 radical (unpaired) electrons. The topological polar surface area (TPSA) is 64.3 Å². The first-order chi connectivity index (χ1) is 7.76. The van der Waals surface area contributed by atoms with Crippen LogP contribution >= 0.6 is 0 Å². The summed E-state index contributed by atoms with van der Waals surface area (Å²) in [7, 11) is 0. The lowest BCUT2D eigenvalue weighted by atomic mass is 9.52. The fourth-order valence-corrected chi connectivity index (χ4v) is 4.52. The van der Waals surface area contributed by atoms with E-state index in [9.17, 15) is 4.79 Å². The molecule has 4 bridgehead atoms. The molecule has 0 aromatic heterocycles. The van der Waals surface area contributed by atoms with Gasteiger partial charge >= 0.3 is 6.09 Å². The van der Waals surface area contributed by atoms with E-state index in [1.165, 1.54) is 32.1 Å². The highest BCUT2D eigenvalue weighted by atomic mass is 16.6. The van der Waals surface area contributed by atoms with Crippen LogP contribution in [0.5, 0.6) is 0 Å². The third-order valence-corrected chi connectivity index (χ3v) is 4.95. The summed E-state index contributed by atoms with van der Waals surface area (Å²) in [5, 5.41) is 0. The first-order valence-corrected chi connectivity index (χ1v) is 6.39. The summed E-state index contributed by atoms with van der Waals surface area (Å²) in [6.45, 7) is 0.567. The maximum atomic E-state index is 11.0. The van der Waals surface area contributed by atoms with Gasteiger partial charge in [0, 0.05) is 0 Å². The zero-order valence-corrected chi connectivity index (χ0v) is 9.52. The average molecular weight is 224 g/mol. The Bertz CT molecular complexity index is 265. The second-order valence-corrected chi connectivity index (χ2v) is 5.84. The van der Waals surface area contributed by atoms with E-state index in [2.05, 4.69) is 0 Å². The van der Waals surface area contributed by atoms with Gasteiger partial charge in [0.05, 0.1) is 6.61 Å². The Hall–Kier alpha value is -0.770. The van der Waals surface area contributed by atoms with Gasteiger partial charge in [-0.05, 0) is 61.7 Å². The summed E-state index contributed by atoms with van der Waals surface area (Å²) < 4.78 is 5.14. The molecule has 0 atom stereocenters. The maximum absolute atomic E-state index is 11.0. The van der Waals surface area contributed by atoms with E-state index < -0.39 is 6.09 Å². The highest BCUT2D eigenvalue weighted by molar-refractivity contribution is 5.66. The number of amides is 1. The molecule has 3 N–H and O–H groups in total. The zero-order valence-electron chi connectivity index (χ0n) is 9.52. The van der Waals surface area contributed by atoms with Gasteiger partial charge in [-0.3, -0.25) is 5.43 Å². The number of carbonyl (C=O) groups excluding carboxylic acids is 1. The lowest BCUT2D eigenvalue weighted by Crippen LogP contribution is -2.47. The van der Waals surface area contributed by atoms with Gasteiger partial charge in [0.25, 0.3) is 0 Å². The maximum Gasteiger partial charge on any atom is 0.421 e. The fraction of sp³-hybridized carbons (Fsp3) is 0.917. The van der Waals surface area contributed by atoms with E-state index in [-0.39, 0.29) is 0 Å². The summed E-state index contributed by atoms with van der Waals surface area (Å²) >= 11 is 0. The van der Waals surface area contributed by atoms with Crippen LogP contribution in [0.15, 0.2) is 0 Å². The zero-order chi connectivity index (χ0) is 11.1. The Balaban J connectivity index is 1.61. The molecule has 4 nitrogen and oxygen atoms in total. The van der Waals surface area contributed by atoms with Crippen molar-refractivity contribution in [2.24, 2.45) is 35.4 Å². The van der Waals surface area contributed by atoms with Crippen molar-refractivity contribution in [3.8, 4) is 0 Å². The number of hydrazine groups is 1. The van der Waals surface area contributed by atoms with E-state index in [1.54, 1.807) is 0 Å². The van der Waals surface area contributed by atoms with Crippen LogP contribution in [0.25, 0.3) is 0 Å². The number of carbonyl (C=O) groups is 1. The molecular weight excluding hydrogens is 204 g/mol. The molecule has 0 unspecified atom stereocenters. The first-order valence-electron chi connectivity index (χ1n) is 6.39. The molecule has 4 aliphatic rings. The van der Waals surface area contributed by atoms with Crippen molar-refractivity contribution >= 4 is 6.09 Å². The van der Waals surface area contributed by atoms with Crippen LogP contribution in [0.3, 0.4) is 0 Å². The SMILES string of the molecule is NNC(=O)OCC1C2CC3CC(C2)CC1C3. The number of hydrogen-bond donors (Lipinski definition) is 2.